The zero-order chi connectivity index (χ0) is 19.4. The Morgan fingerprint density at radius 2 is 1.63 bits per heavy atom. The maximum Gasteiger partial charge on any atom is 0.317 e. The van der Waals surface area contributed by atoms with Gasteiger partial charge in [0.25, 0.3) is 0 Å². The molecule has 8 heteroatoms. The molecule has 2 saturated heterocycles. The molecule has 0 spiro atoms. The Balaban J connectivity index is 1.44. The smallest absolute Gasteiger partial charge is 0.317 e. The average Bonchev–Trinajstić information content (AvgIpc) is 2.68. The van der Waals surface area contributed by atoms with Gasteiger partial charge in [-0.1, -0.05) is 18.2 Å². The van der Waals surface area contributed by atoms with E-state index in [9.17, 15) is 13.2 Å². The van der Waals surface area contributed by atoms with Crippen LogP contribution in [-0.4, -0.2) is 75.2 Å². The molecule has 0 atom stereocenters. The van der Waals surface area contributed by atoms with Crippen molar-refractivity contribution in [3.63, 3.8) is 0 Å². The monoisotopic (exact) mass is 394 g/mol. The second-order valence-corrected chi connectivity index (χ2v) is 9.53. The number of para-hydroxylation sites is 1. The zero-order valence-electron chi connectivity index (χ0n) is 16.2. The Morgan fingerprint density at radius 3 is 2.19 bits per heavy atom. The van der Waals surface area contributed by atoms with Gasteiger partial charge in [-0.15, -0.1) is 0 Å². The van der Waals surface area contributed by atoms with E-state index in [1.807, 2.05) is 25.2 Å². The van der Waals surface area contributed by atoms with Crippen LogP contribution in [0.25, 0.3) is 0 Å². The molecular formula is C19H30N4O3S. The van der Waals surface area contributed by atoms with Crippen LogP contribution in [0, 0.1) is 0 Å². The molecule has 150 valence electrons. The van der Waals surface area contributed by atoms with Gasteiger partial charge in [-0.3, -0.25) is 0 Å². The lowest BCUT2D eigenvalue weighted by molar-refractivity contribution is 0.159. The highest BCUT2D eigenvalue weighted by Crippen LogP contribution is 2.21. The summed E-state index contributed by atoms with van der Waals surface area (Å²) in [7, 11) is -1.32. The molecule has 2 aliphatic rings. The molecule has 0 saturated carbocycles. The van der Waals surface area contributed by atoms with Crippen LogP contribution in [-0.2, 0) is 10.0 Å². The summed E-state index contributed by atoms with van der Waals surface area (Å²) >= 11 is 0. The third-order valence-corrected chi connectivity index (χ3v) is 7.01. The van der Waals surface area contributed by atoms with Crippen LogP contribution in [0.3, 0.4) is 0 Å². The Kier molecular flexibility index (Phi) is 6.26. The van der Waals surface area contributed by atoms with E-state index < -0.39 is 10.0 Å². The zero-order valence-corrected chi connectivity index (χ0v) is 17.0. The molecule has 3 rings (SSSR count). The van der Waals surface area contributed by atoms with Gasteiger partial charge >= 0.3 is 6.03 Å². The summed E-state index contributed by atoms with van der Waals surface area (Å²) in [5.41, 5.74) is 1.23. The SMILES string of the molecule is CN(C(=O)NC1CCN(c2ccccc2)CC1)C1CCN(S(C)(=O)=O)CC1. The predicted octanol–water partition coefficient (Wildman–Crippen LogP) is 1.72. The Labute approximate surface area is 162 Å². The van der Waals surface area contributed by atoms with Gasteiger partial charge in [0.05, 0.1) is 6.26 Å². The summed E-state index contributed by atoms with van der Waals surface area (Å²) in [4.78, 5) is 16.7. The highest BCUT2D eigenvalue weighted by molar-refractivity contribution is 7.88. The van der Waals surface area contributed by atoms with Crippen molar-refractivity contribution in [3.8, 4) is 0 Å². The molecule has 2 fully saturated rings. The highest BCUT2D eigenvalue weighted by Gasteiger charge is 2.30. The third-order valence-electron chi connectivity index (χ3n) is 5.70. The lowest BCUT2D eigenvalue weighted by atomic mass is 10.0. The number of benzene rings is 1. The first-order valence-corrected chi connectivity index (χ1v) is 11.5. The minimum atomic E-state index is -3.14. The van der Waals surface area contributed by atoms with Crippen molar-refractivity contribution in [2.45, 2.75) is 37.8 Å². The molecule has 0 radical (unpaired) electrons. The van der Waals surface area contributed by atoms with Crippen molar-refractivity contribution < 1.29 is 13.2 Å². The number of amides is 2. The summed E-state index contributed by atoms with van der Waals surface area (Å²) < 4.78 is 24.7. The molecule has 2 heterocycles. The molecule has 0 aliphatic carbocycles. The molecule has 0 bridgehead atoms. The van der Waals surface area contributed by atoms with Gasteiger partial charge in [-0.2, -0.15) is 0 Å². The minimum absolute atomic E-state index is 0.0500. The molecule has 0 unspecified atom stereocenters. The van der Waals surface area contributed by atoms with Gasteiger partial charge in [0.1, 0.15) is 0 Å². The van der Waals surface area contributed by atoms with Crippen molar-refractivity contribution in [2.24, 2.45) is 0 Å². The van der Waals surface area contributed by atoms with Gasteiger partial charge in [0.15, 0.2) is 0 Å². The normalized spacial score (nSPS) is 20.4. The van der Waals surface area contributed by atoms with Gasteiger partial charge < -0.3 is 15.1 Å². The summed E-state index contributed by atoms with van der Waals surface area (Å²) in [5.74, 6) is 0. The van der Waals surface area contributed by atoms with E-state index in [1.165, 1.54) is 16.2 Å². The molecule has 27 heavy (non-hydrogen) atoms. The number of sulfonamides is 1. The fraction of sp³-hybridized carbons (Fsp3) is 0.632. The highest BCUT2D eigenvalue weighted by atomic mass is 32.2. The summed E-state index contributed by atoms with van der Waals surface area (Å²) in [6.07, 6.45) is 4.47. The van der Waals surface area contributed by atoms with Gasteiger partial charge in [0.2, 0.25) is 10.0 Å². The molecule has 1 N–H and O–H groups in total. The number of hydrogen-bond donors (Lipinski definition) is 1. The number of rotatable bonds is 4. The quantitative estimate of drug-likeness (QED) is 0.844. The van der Waals surface area contributed by atoms with Crippen molar-refractivity contribution in [3.05, 3.63) is 30.3 Å². The summed E-state index contributed by atoms with van der Waals surface area (Å²) in [6.45, 7) is 2.84. The summed E-state index contributed by atoms with van der Waals surface area (Å²) in [6, 6.07) is 10.6. The van der Waals surface area contributed by atoms with Crippen molar-refractivity contribution in [1.82, 2.24) is 14.5 Å². The number of piperidine rings is 2. The maximum absolute atomic E-state index is 12.6. The largest absolute Gasteiger partial charge is 0.371 e. The van der Waals surface area contributed by atoms with Crippen molar-refractivity contribution in [1.29, 1.82) is 0 Å². The van der Waals surface area contributed by atoms with E-state index in [-0.39, 0.29) is 18.1 Å². The molecule has 7 nitrogen and oxygen atoms in total. The third kappa shape index (κ3) is 5.13. The van der Waals surface area contributed by atoms with E-state index in [0.717, 1.165) is 25.9 Å². The summed E-state index contributed by atoms with van der Waals surface area (Å²) in [5, 5.41) is 3.16. The molecule has 2 aliphatic heterocycles. The molecular weight excluding hydrogens is 364 g/mol. The Hall–Kier alpha value is -1.80. The lowest BCUT2D eigenvalue weighted by Crippen LogP contribution is -2.53. The molecule has 2 amide bonds. The fourth-order valence-corrected chi connectivity index (χ4v) is 4.80. The lowest BCUT2D eigenvalue weighted by Gasteiger charge is -2.38. The second-order valence-electron chi connectivity index (χ2n) is 7.55. The van der Waals surface area contributed by atoms with Gasteiger partial charge in [-0.05, 0) is 37.8 Å². The fourth-order valence-electron chi connectivity index (χ4n) is 3.92. The number of anilines is 1. The van der Waals surface area contributed by atoms with E-state index in [0.29, 0.717) is 25.9 Å². The second kappa shape index (κ2) is 8.48. The van der Waals surface area contributed by atoms with Crippen LogP contribution in [0.1, 0.15) is 25.7 Å². The average molecular weight is 395 g/mol. The van der Waals surface area contributed by atoms with Gasteiger partial charge in [-0.25, -0.2) is 17.5 Å². The first-order chi connectivity index (χ1) is 12.8. The number of nitrogens with zero attached hydrogens (tertiary/aromatic N) is 3. The Bertz CT molecular complexity index is 725. The molecule has 1 aromatic carbocycles. The van der Waals surface area contributed by atoms with E-state index >= 15 is 0 Å². The van der Waals surface area contributed by atoms with Crippen LogP contribution < -0.4 is 10.2 Å². The van der Waals surface area contributed by atoms with Crippen LogP contribution in [0.4, 0.5) is 10.5 Å². The van der Waals surface area contributed by atoms with Crippen molar-refractivity contribution >= 4 is 21.7 Å². The van der Waals surface area contributed by atoms with Crippen molar-refractivity contribution in [2.75, 3.05) is 44.4 Å². The number of urea groups is 1. The van der Waals surface area contributed by atoms with E-state index in [1.54, 1.807) is 4.90 Å². The van der Waals surface area contributed by atoms with Crippen LogP contribution in [0.5, 0.6) is 0 Å². The van der Waals surface area contributed by atoms with E-state index in [4.69, 9.17) is 0 Å². The predicted molar refractivity (Wildman–Crippen MR) is 107 cm³/mol. The van der Waals surface area contributed by atoms with Crippen LogP contribution >= 0.6 is 0 Å². The van der Waals surface area contributed by atoms with Gasteiger partial charge in [0, 0.05) is 51.0 Å². The first kappa shape index (κ1) is 19.9. The number of carbonyl (C=O) groups is 1. The molecule has 0 aromatic heterocycles. The standard InChI is InChI=1S/C19H30N4O3S/c1-21(17-10-14-23(15-11-17)27(2,25)26)19(24)20-16-8-12-22(13-9-16)18-6-4-3-5-7-18/h3-7,16-17H,8-15H2,1-2H3,(H,20,24). The topological polar surface area (TPSA) is 73.0 Å². The van der Waals surface area contributed by atoms with Crippen LogP contribution in [0.2, 0.25) is 0 Å². The number of hydrogen-bond acceptors (Lipinski definition) is 4. The maximum atomic E-state index is 12.6. The van der Waals surface area contributed by atoms with Crippen LogP contribution in [0.15, 0.2) is 30.3 Å². The minimum Gasteiger partial charge on any atom is -0.371 e. The number of carbonyl (C=O) groups excluding carboxylic acids is 1. The Morgan fingerprint density at radius 1 is 1.04 bits per heavy atom. The van der Waals surface area contributed by atoms with E-state index in [2.05, 4.69) is 22.3 Å². The molecule has 1 aromatic rings. The first-order valence-electron chi connectivity index (χ1n) is 9.63. The number of nitrogens with one attached hydrogen (secondary N) is 1.